The molecule has 1 atom stereocenters. The molecule has 0 amide bonds. The van der Waals surface area contributed by atoms with Crippen LogP contribution < -0.4 is 4.72 Å². The minimum atomic E-state index is -3.61. The highest BCUT2D eigenvalue weighted by molar-refractivity contribution is 7.89. The Labute approximate surface area is 94.4 Å². The van der Waals surface area contributed by atoms with Crippen LogP contribution in [0.3, 0.4) is 0 Å². The number of aliphatic hydroxyl groups excluding tert-OH is 1. The minimum absolute atomic E-state index is 0.0260. The van der Waals surface area contributed by atoms with Crippen LogP contribution in [0, 0.1) is 11.3 Å². The number of hydrogen-bond donors (Lipinski definition) is 2. The third-order valence-corrected chi connectivity index (χ3v) is 3.68. The molecule has 0 bridgehead atoms. The summed E-state index contributed by atoms with van der Waals surface area (Å²) in [5, 5.41) is 17.8. The molecule has 6 heteroatoms. The molecule has 1 aromatic carbocycles. The quantitative estimate of drug-likeness (QED) is 0.786. The van der Waals surface area contributed by atoms with Gasteiger partial charge in [-0.05, 0) is 18.7 Å². The van der Waals surface area contributed by atoms with Crippen LogP contribution in [0.5, 0.6) is 0 Å². The molecule has 0 fully saturated rings. The molecule has 0 aliphatic heterocycles. The average molecular weight is 240 g/mol. The van der Waals surface area contributed by atoms with Gasteiger partial charge in [0.1, 0.15) is 0 Å². The second kappa shape index (κ2) is 5.07. The molecule has 0 aliphatic rings. The third-order valence-electron chi connectivity index (χ3n) is 2.19. The van der Waals surface area contributed by atoms with Gasteiger partial charge in [0.05, 0.1) is 23.5 Å². The molecule has 0 saturated heterocycles. The number of nitriles is 1. The Morgan fingerprint density at radius 3 is 2.62 bits per heavy atom. The lowest BCUT2D eigenvalue weighted by molar-refractivity contribution is 0.285. The van der Waals surface area contributed by atoms with Crippen molar-refractivity contribution in [3.8, 4) is 6.07 Å². The lowest BCUT2D eigenvalue weighted by Gasteiger charge is -2.11. The van der Waals surface area contributed by atoms with Crippen LogP contribution in [-0.4, -0.2) is 27.2 Å². The maximum Gasteiger partial charge on any atom is 0.240 e. The highest BCUT2D eigenvalue weighted by atomic mass is 32.2. The number of nitrogens with zero attached hydrogens (tertiary/aromatic N) is 1. The first-order valence-corrected chi connectivity index (χ1v) is 6.08. The largest absolute Gasteiger partial charge is 0.395 e. The van der Waals surface area contributed by atoms with Crippen molar-refractivity contribution in [2.24, 2.45) is 0 Å². The highest BCUT2D eigenvalue weighted by Crippen LogP contribution is 2.22. The number of benzene rings is 1. The van der Waals surface area contributed by atoms with Gasteiger partial charge in [-0.25, -0.2) is 13.1 Å². The van der Waals surface area contributed by atoms with Crippen molar-refractivity contribution in [1.29, 1.82) is 5.26 Å². The van der Waals surface area contributed by atoms with Gasteiger partial charge in [0.2, 0.25) is 10.0 Å². The first kappa shape index (κ1) is 12.6. The monoisotopic (exact) mass is 240 g/mol. The maximum absolute atomic E-state index is 11.7. The van der Waals surface area contributed by atoms with Crippen molar-refractivity contribution < 1.29 is 13.5 Å². The molecule has 1 unspecified atom stereocenters. The fraction of sp³-hybridized carbons (Fsp3) is 0.300. The van der Waals surface area contributed by atoms with Gasteiger partial charge in [0.25, 0.3) is 0 Å². The fourth-order valence-electron chi connectivity index (χ4n) is 1.33. The van der Waals surface area contributed by atoms with Crippen LogP contribution in [0.4, 0.5) is 0 Å². The Hall–Kier alpha value is -1.42. The molecule has 86 valence electrons. The summed E-state index contributed by atoms with van der Waals surface area (Å²) >= 11 is 0. The van der Waals surface area contributed by atoms with Crippen molar-refractivity contribution in [1.82, 2.24) is 4.72 Å². The summed E-state index contributed by atoms with van der Waals surface area (Å²) in [6.45, 7) is -0.410. The second-order valence-electron chi connectivity index (χ2n) is 3.11. The number of sulfonamides is 1. The molecule has 0 aromatic heterocycles. The molecule has 16 heavy (non-hydrogen) atoms. The molecule has 0 spiro atoms. The molecular weight excluding hydrogens is 228 g/mol. The van der Waals surface area contributed by atoms with Crippen molar-refractivity contribution in [2.75, 3.05) is 13.7 Å². The van der Waals surface area contributed by atoms with E-state index in [4.69, 9.17) is 10.4 Å². The van der Waals surface area contributed by atoms with Gasteiger partial charge in [-0.3, -0.25) is 0 Å². The number of hydrogen-bond acceptors (Lipinski definition) is 4. The van der Waals surface area contributed by atoms with Crippen molar-refractivity contribution in [2.45, 2.75) is 10.8 Å². The first-order chi connectivity index (χ1) is 7.56. The molecule has 0 heterocycles. The first-order valence-electron chi connectivity index (χ1n) is 4.59. The summed E-state index contributed by atoms with van der Waals surface area (Å²) < 4.78 is 25.5. The van der Waals surface area contributed by atoms with E-state index in [0.29, 0.717) is 5.56 Å². The number of rotatable bonds is 4. The average Bonchev–Trinajstić information content (AvgIpc) is 2.31. The Kier molecular flexibility index (Phi) is 4.01. The van der Waals surface area contributed by atoms with E-state index in [1.807, 2.05) is 6.07 Å². The molecule has 0 saturated carbocycles. The summed E-state index contributed by atoms with van der Waals surface area (Å²) in [5.41, 5.74) is 0.307. The van der Waals surface area contributed by atoms with Crippen LogP contribution in [0.25, 0.3) is 0 Å². The van der Waals surface area contributed by atoms with E-state index in [2.05, 4.69) is 4.72 Å². The van der Waals surface area contributed by atoms with Crippen LogP contribution in [0.2, 0.25) is 0 Å². The Balaban J connectivity index is 3.38. The molecular formula is C10H12N2O3S. The SMILES string of the molecule is CNS(=O)(=O)c1ccccc1C(C#N)CO. The molecule has 0 aliphatic carbocycles. The second-order valence-corrected chi connectivity index (χ2v) is 4.96. The lowest BCUT2D eigenvalue weighted by Crippen LogP contribution is -2.21. The van der Waals surface area contributed by atoms with E-state index >= 15 is 0 Å². The van der Waals surface area contributed by atoms with E-state index in [-0.39, 0.29) is 4.90 Å². The minimum Gasteiger partial charge on any atom is -0.395 e. The van der Waals surface area contributed by atoms with Gasteiger partial charge in [-0.1, -0.05) is 18.2 Å². The van der Waals surface area contributed by atoms with E-state index in [0.717, 1.165) is 0 Å². The highest BCUT2D eigenvalue weighted by Gasteiger charge is 2.21. The van der Waals surface area contributed by atoms with E-state index in [1.54, 1.807) is 12.1 Å². The van der Waals surface area contributed by atoms with Crippen LogP contribution in [0.1, 0.15) is 11.5 Å². The molecule has 1 aromatic rings. The zero-order valence-corrected chi connectivity index (χ0v) is 9.53. The van der Waals surface area contributed by atoms with E-state index in [1.165, 1.54) is 19.2 Å². The van der Waals surface area contributed by atoms with Gasteiger partial charge in [-0.15, -0.1) is 0 Å². The summed E-state index contributed by atoms with van der Waals surface area (Å²) in [6, 6.07) is 7.99. The zero-order valence-electron chi connectivity index (χ0n) is 8.71. The van der Waals surface area contributed by atoms with Crippen molar-refractivity contribution in [3.63, 3.8) is 0 Å². The standard InChI is InChI=1S/C10H12N2O3S/c1-12-16(14,15)10-5-3-2-4-9(10)8(6-11)7-13/h2-5,8,12-13H,7H2,1H3. The topological polar surface area (TPSA) is 90.2 Å². The smallest absolute Gasteiger partial charge is 0.240 e. The normalized spacial score (nSPS) is 13.1. The molecule has 2 N–H and O–H groups in total. The number of nitrogens with one attached hydrogen (secondary N) is 1. The van der Waals surface area contributed by atoms with E-state index in [9.17, 15) is 8.42 Å². The number of aliphatic hydroxyl groups is 1. The fourth-order valence-corrected chi connectivity index (χ4v) is 2.33. The Morgan fingerprint density at radius 1 is 1.50 bits per heavy atom. The molecule has 5 nitrogen and oxygen atoms in total. The van der Waals surface area contributed by atoms with Crippen LogP contribution in [-0.2, 0) is 10.0 Å². The van der Waals surface area contributed by atoms with Crippen LogP contribution >= 0.6 is 0 Å². The maximum atomic E-state index is 11.7. The lowest BCUT2D eigenvalue weighted by atomic mass is 10.0. The van der Waals surface area contributed by atoms with Gasteiger partial charge >= 0.3 is 0 Å². The Bertz CT molecular complexity index is 505. The predicted molar refractivity (Wildman–Crippen MR) is 58.1 cm³/mol. The zero-order chi connectivity index (χ0) is 12.2. The summed E-state index contributed by atoms with van der Waals surface area (Å²) in [5.74, 6) is -0.834. The third kappa shape index (κ3) is 2.39. The Morgan fingerprint density at radius 2 is 2.12 bits per heavy atom. The summed E-state index contributed by atoms with van der Waals surface area (Å²) in [4.78, 5) is 0.0260. The van der Waals surface area contributed by atoms with E-state index < -0.39 is 22.5 Å². The van der Waals surface area contributed by atoms with Crippen molar-refractivity contribution >= 4 is 10.0 Å². The summed E-state index contributed by atoms with van der Waals surface area (Å²) in [7, 11) is -2.31. The van der Waals surface area contributed by atoms with Gasteiger partial charge < -0.3 is 5.11 Å². The molecule has 1 rings (SSSR count). The predicted octanol–water partition coefficient (Wildman–Crippen LogP) is 0.194. The summed E-state index contributed by atoms with van der Waals surface area (Å²) in [6.07, 6.45) is 0. The molecule has 0 radical (unpaired) electrons. The van der Waals surface area contributed by atoms with Gasteiger partial charge in [-0.2, -0.15) is 5.26 Å². The van der Waals surface area contributed by atoms with Crippen LogP contribution in [0.15, 0.2) is 29.2 Å². The van der Waals surface area contributed by atoms with Gasteiger partial charge in [0.15, 0.2) is 0 Å². The van der Waals surface area contributed by atoms with Gasteiger partial charge in [0, 0.05) is 0 Å². The van der Waals surface area contributed by atoms with Crippen molar-refractivity contribution in [3.05, 3.63) is 29.8 Å².